The monoisotopic (exact) mass is 271 g/mol. The van der Waals surface area contributed by atoms with E-state index in [1.54, 1.807) is 0 Å². The summed E-state index contributed by atoms with van der Waals surface area (Å²) in [4.78, 5) is 21.5. The highest BCUT2D eigenvalue weighted by atomic mass is 16.4. The van der Waals surface area contributed by atoms with Crippen LogP contribution in [0.4, 0.5) is 0 Å². The third kappa shape index (κ3) is 4.20. The van der Waals surface area contributed by atoms with Gasteiger partial charge in [-0.1, -0.05) is 12.8 Å². The van der Waals surface area contributed by atoms with E-state index in [1.807, 2.05) is 0 Å². The van der Waals surface area contributed by atoms with E-state index in [2.05, 4.69) is 0 Å². The zero-order chi connectivity index (χ0) is 14.4. The van der Waals surface area contributed by atoms with E-state index in [1.165, 1.54) is 12.1 Å². The van der Waals surface area contributed by atoms with Gasteiger partial charge in [0.2, 0.25) is 0 Å². The quantitative estimate of drug-likeness (QED) is 0.532. The van der Waals surface area contributed by atoms with Gasteiger partial charge < -0.3 is 20.4 Å². The largest absolute Gasteiger partial charge is 0.494 e. The van der Waals surface area contributed by atoms with E-state index in [9.17, 15) is 19.8 Å². The number of aliphatic carboxylic acids is 2. The average Bonchev–Trinajstić information content (AvgIpc) is 2.64. The smallest absolute Gasteiger partial charge is 0.326 e. The molecular weight excluding hydrogens is 254 g/mol. The number of nitrogens with zero attached hydrogens (tertiary/aromatic N) is 1. The summed E-state index contributed by atoms with van der Waals surface area (Å²) in [5.41, 5.74) is 0. The summed E-state index contributed by atoms with van der Waals surface area (Å²) in [5.74, 6) is -2.65. The molecular formula is C12H17NO6. The van der Waals surface area contributed by atoms with Gasteiger partial charge in [0.05, 0.1) is 0 Å². The van der Waals surface area contributed by atoms with E-state index < -0.39 is 18.0 Å². The van der Waals surface area contributed by atoms with Gasteiger partial charge in [0, 0.05) is 18.6 Å². The highest BCUT2D eigenvalue weighted by molar-refractivity contribution is 5.72. The second kappa shape index (κ2) is 6.67. The van der Waals surface area contributed by atoms with Gasteiger partial charge >= 0.3 is 11.9 Å². The van der Waals surface area contributed by atoms with Crippen LogP contribution in [0.15, 0.2) is 12.1 Å². The first-order valence-electron chi connectivity index (χ1n) is 5.97. The van der Waals surface area contributed by atoms with Crippen molar-refractivity contribution in [3.05, 3.63) is 12.1 Å². The van der Waals surface area contributed by atoms with Crippen molar-refractivity contribution in [1.82, 2.24) is 4.57 Å². The van der Waals surface area contributed by atoms with Crippen LogP contribution in [0.3, 0.4) is 0 Å². The highest BCUT2D eigenvalue weighted by Crippen LogP contribution is 2.29. The van der Waals surface area contributed by atoms with E-state index in [-0.39, 0.29) is 24.6 Å². The fourth-order valence-corrected chi connectivity index (χ4v) is 1.90. The minimum atomic E-state index is -1.15. The average molecular weight is 271 g/mol. The van der Waals surface area contributed by atoms with E-state index in [0.29, 0.717) is 19.3 Å². The fraction of sp³-hybridized carbons (Fsp3) is 0.500. The zero-order valence-corrected chi connectivity index (χ0v) is 10.3. The summed E-state index contributed by atoms with van der Waals surface area (Å²) < 4.78 is 0.944. The molecule has 0 amide bonds. The summed E-state index contributed by atoms with van der Waals surface area (Å²) in [6.07, 6.45) is 1.83. The Morgan fingerprint density at radius 1 is 1.05 bits per heavy atom. The van der Waals surface area contributed by atoms with E-state index in [4.69, 9.17) is 10.2 Å². The van der Waals surface area contributed by atoms with Crippen molar-refractivity contribution in [2.24, 2.45) is 0 Å². The molecule has 0 spiro atoms. The molecule has 1 rings (SSSR count). The maximum atomic E-state index is 11.1. The highest BCUT2D eigenvalue weighted by Gasteiger charge is 2.23. The van der Waals surface area contributed by atoms with Crippen molar-refractivity contribution < 1.29 is 30.0 Å². The normalized spacial score (nSPS) is 12.2. The molecule has 0 aliphatic rings. The zero-order valence-electron chi connectivity index (χ0n) is 10.3. The molecule has 0 aliphatic heterocycles. The Labute approximate surface area is 109 Å². The number of hydrogen-bond donors (Lipinski definition) is 4. The molecule has 7 heteroatoms. The lowest BCUT2D eigenvalue weighted by molar-refractivity contribution is -0.141. The Morgan fingerprint density at radius 2 is 1.63 bits per heavy atom. The van der Waals surface area contributed by atoms with E-state index >= 15 is 0 Å². The standard InChI is InChI=1S/C12H17NO6/c14-9-6-7-10(15)13(9)8(12(18)19)4-2-1-3-5-11(16)17/h6-8,14-15H,1-5H2,(H,16,17)(H,18,19). The summed E-state index contributed by atoms with van der Waals surface area (Å²) in [6, 6.07) is 1.38. The molecule has 0 bridgehead atoms. The molecule has 1 aromatic heterocycles. The van der Waals surface area contributed by atoms with Crippen molar-refractivity contribution in [2.45, 2.75) is 38.1 Å². The number of carbonyl (C=O) groups is 2. The Balaban J connectivity index is 2.55. The second-order valence-corrected chi connectivity index (χ2v) is 4.27. The van der Waals surface area contributed by atoms with Gasteiger partial charge in [-0.25, -0.2) is 4.79 Å². The lowest BCUT2D eigenvalue weighted by atomic mass is 10.1. The van der Waals surface area contributed by atoms with E-state index in [0.717, 1.165) is 4.57 Å². The third-order valence-corrected chi connectivity index (χ3v) is 2.84. The number of aromatic nitrogens is 1. The number of rotatable bonds is 8. The molecule has 0 saturated heterocycles. The SMILES string of the molecule is O=C(O)CCCCCC(C(=O)O)n1c(O)ccc1O. The van der Waals surface area contributed by atoms with Crippen molar-refractivity contribution in [3.63, 3.8) is 0 Å². The van der Waals surface area contributed by atoms with Crippen molar-refractivity contribution in [1.29, 1.82) is 0 Å². The molecule has 0 radical (unpaired) electrons. The maximum absolute atomic E-state index is 11.1. The first-order chi connectivity index (χ1) is 8.93. The molecule has 0 aliphatic carbocycles. The molecule has 1 unspecified atom stereocenters. The second-order valence-electron chi connectivity index (χ2n) is 4.27. The number of carboxylic acids is 2. The first-order valence-corrected chi connectivity index (χ1v) is 5.97. The fourth-order valence-electron chi connectivity index (χ4n) is 1.90. The van der Waals surface area contributed by atoms with Crippen LogP contribution in [0.1, 0.15) is 38.1 Å². The molecule has 19 heavy (non-hydrogen) atoms. The topological polar surface area (TPSA) is 120 Å². The number of hydrogen-bond acceptors (Lipinski definition) is 4. The summed E-state index contributed by atoms with van der Waals surface area (Å²) in [5, 5.41) is 36.5. The lowest BCUT2D eigenvalue weighted by Crippen LogP contribution is -2.18. The van der Waals surface area contributed by atoms with Gasteiger partial charge in [-0.05, 0) is 12.8 Å². The minimum Gasteiger partial charge on any atom is -0.494 e. The van der Waals surface area contributed by atoms with Crippen LogP contribution in [0.25, 0.3) is 0 Å². The molecule has 7 nitrogen and oxygen atoms in total. The molecule has 1 atom stereocenters. The molecule has 106 valence electrons. The maximum Gasteiger partial charge on any atom is 0.326 e. The molecule has 0 fully saturated rings. The molecule has 1 aromatic rings. The van der Waals surface area contributed by atoms with Crippen LogP contribution in [-0.4, -0.2) is 36.9 Å². The van der Waals surface area contributed by atoms with Crippen LogP contribution >= 0.6 is 0 Å². The minimum absolute atomic E-state index is 0.0533. The van der Waals surface area contributed by atoms with Crippen LogP contribution in [0.2, 0.25) is 0 Å². The number of carboxylic acid groups (broad SMARTS) is 2. The molecule has 4 N–H and O–H groups in total. The number of aromatic hydroxyl groups is 2. The van der Waals surface area contributed by atoms with Gasteiger partial charge in [-0.15, -0.1) is 0 Å². The van der Waals surface area contributed by atoms with Crippen molar-refractivity contribution in [2.75, 3.05) is 0 Å². The lowest BCUT2D eigenvalue weighted by Gasteiger charge is -2.16. The van der Waals surface area contributed by atoms with Gasteiger partial charge in [-0.3, -0.25) is 9.36 Å². The van der Waals surface area contributed by atoms with Gasteiger partial charge in [0.15, 0.2) is 11.8 Å². The Morgan fingerprint density at radius 3 is 2.11 bits per heavy atom. The molecule has 0 aromatic carbocycles. The van der Waals surface area contributed by atoms with Crippen LogP contribution in [-0.2, 0) is 9.59 Å². The Kier molecular flexibility index (Phi) is 5.23. The Bertz CT molecular complexity index is 434. The molecule has 0 saturated carbocycles. The van der Waals surface area contributed by atoms with Gasteiger partial charge in [0.25, 0.3) is 0 Å². The summed E-state index contributed by atoms with van der Waals surface area (Å²) in [7, 11) is 0. The van der Waals surface area contributed by atoms with Crippen LogP contribution < -0.4 is 0 Å². The van der Waals surface area contributed by atoms with Crippen molar-refractivity contribution >= 4 is 11.9 Å². The Hall–Kier alpha value is -2.18. The predicted octanol–water partition coefficient (Wildman–Crippen LogP) is 1.56. The predicted molar refractivity (Wildman–Crippen MR) is 65.2 cm³/mol. The molecule has 1 heterocycles. The first kappa shape index (κ1) is 14.9. The van der Waals surface area contributed by atoms with Gasteiger partial charge in [0.1, 0.15) is 6.04 Å². The van der Waals surface area contributed by atoms with Gasteiger partial charge in [-0.2, -0.15) is 0 Å². The summed E-state index contributed by atoms with van der Waals surface area (Å²) >= 11 is 0. The number of unbranched alkanes of at least 4 members (excludes halogenated alkanes) is 2. The van der Waals surface area contributed by atoms with Crippen LogP contribution in [0.5, 0.6) is 11.8 Å². The third-order valence-electron chi connectivity index (χ3n) is 2.84. The van der Waals surface area contributed by atoms with Crippen molar-refractivity contribution in [3.8, 4) is 11.8 Å². The summed E-state index contributed by atoms with van der Waals surface area (Å²) in [6.45, 7) is 0. The van der Waals surface area contributed by atoms with Crippen LogP contribution in [0, 0.1) is 0 Å².